The third-order valence-electron chi connectivity index (χ3n) is 4.29. The van der Waals surface area contributed by atoms with Gasteiger partial charge in [-0.2, -0.15) is 0 Å². The fourth-order valence-corrected chi connectivity index (χ4v) is 2.93. The van der Waals surface area contributed by atoms with Gasteiger partial charge in [0.15, 0.2) is 0 Å². The first kappa shape index (κ1) is 14.3. The Hall–Kier alpha value is -2.60. The highest BCUT2D eigenvalue weighted by molar-refractivity contribution is 5.87. The second-order valence-corrected chi connectivity index (χ2v) is 5.58. The molecule has 108 valence electrons. The van der Waals surface area contributed by atoms with E-state index in [0.29, 0.717) is 0 Å². The lowest BCUT2D eigenvalue weighted by molar-refractivity contribution is 1.34. The van der Waals surface area contributed by atoms with Gasteiger partial charge in [0.05, 0.1) is 0 Å². The van der Waals surface area contributed by atoms with Crippen molar-refractivity contribution >= 4 is 6.08 Å². The minimum Gasteiger partial charge on any atom is -0.0984 e. The number of aryl methyl sites for hydroxylation is 1. The van der Waals surface area contributed by atoms with Crippen molar-refractivity contribution in [3.63, 3.8) is 0 Å². The lowest BCUT2D eigenvalue weighted by Crippen LogP contribution is -1.92. The van der Waals surface area contributed by atoms with E-state index in [0.717, 1.165) is 0 Å². The molecule has 0 saturated heterocycles. The minimum absolute atomic E-state index is 1.20. The monoisotopic (exact) mass is 284 g/mol. The Morgan fingerprint density at radius 3 is 2.05 bits per heavy atom. The summed E-state index contributed by atoms with van der Waals surface area (Å²) in [7, 11) is 0. The van der Waals surface area contributed by atoms with Crippen LogP contribution in [0.4, 0.5) is 0 Å². The van der Waals surface area contributed by atoms with Gasteiger partial charge in [-0.25, -0.2) is 0 Å². The molecule has 0 amide bonds. The zero-order valence-corrected chi connectivity index (χ0v) is 13.1. The Morgan fingerprint density at radius 2 is 1.32 bits per heavy atom. The van der Waals surface area contributed by atoms with Gasteiger partial charge in [0.1, 0.15) is 0 Å². The smallest absolute Gasteiger partial charge is 0.0103 e. The Labute approximate surface area is 132 Å². The Bertz CT molecular complexity index is 811. The van der Waals surface area contributed by atoms with E-state index in [1.54, 1.807) is 0 Å². The molecule has 0 aliphatic rings. The Kier molecular flexibility index (Phi) is 3.93. The van der Waals surface area contributed by atoms with Gasteiger partial charge in [0.2, 0.25) is 0 Å². The summed E-state index contributed by atoms with van der Waals surface area (Å²) >= 11 is 0. The summed E-state index contributed by atoms with van der Waals surface area (Å²) in [5.41, 5.74) is 8.83. The van der Waals surface area contributed by atoms with Crippen molar-refractivity contribution in [1.29, 1.82) is 0 Å². The number of hydrogen-bond donors (Lipinski definition) is 0. The fourth-order valence-electron chi connectivity index (χ4n) is 2.93. The average molecular weight is 284 g/mol. The zero-order valence-electron chi connectivity index (χ0n) is 13.1. The molecule has 0 spiro atoms. The van der Waals surface area contributed by atoms with Crippen molar-refractivity contribution in [3.05, 3.63) is 90.0 Å². The quantitative estimate of drug-likeness (QED) is 0.531. The first-order valence-electron chi connectivity index (χ1n) is 7.60. The van der Waals surface area contributed by atoms with Gasteiger partial charge in [0.25, 0.3) is 0 Å². The van der Waals surface area contributed by atoms with Crippen LogP contribution in [-0.2, 0) is 0 Å². The molecule has 0 saturated carbocycles. The number of hydrogen-bond acceptors (Lipinski definition) is 0. The van der Waals surface area contributed by atoms with Gasteiger partial charge in [0, 0.05) is 0 Å². The van der Waals surface area contributed by atoms with Crippen LogP contribution in [0.1, 0.15) is 16.7 Å². The van der Waals surface area contributed by atoms with Gasteiger partial charge < -0.3 is 0 Å². The molecule has 0 N–H and O–H groups in total. The predicted molar refractivity (Wildman–Crippen MR) is 96.9 cm³/mol. The van der Waals surface area contributed by atoms with Gasteiger partial charge >= 0.3 is 0 Å². The molecular formula is C22H20. The highest BCUT2D eigenvalue weighted by Crippen LogP contribution is 2.35. The van der Waals surface area contributed by atoms with Crippen LogP contribution < -0.4 is 0 Å². The highest BCUT2D eigenvalue weighted by Gasteiger charge is 2.11. The maximum absolute atomic E-state index is 4.06. The van der Waals surface area contributed by atoms with E-state index in [1.807, 2.05) is 12.1 Å². The summed E-state index contributed by atoms with van der Waals surface area (Å²) in [6.45, 7) is 8.40. The summed E-state index contributed by atoms with van der Waals surface area (Å²) in [4.78, 5) is 0. The first-order valence-corrected chi connectivity index (χ1v) is 7.60. The second-order valence-electron chi connectivity index (χ2n) is 5.58. The Balaban J connectivity index is 2.26. The van der Waals surface area contributed by atoms with E-state index in [9.17, 15) is 0 Å². The van der Waals surface area contributed by atoms with E-state index in [2.05, 4.69) is 81.1 Å². The van der Waals surface area contributed by atoms with E-state index < -0.39 is 0 Å². The minimum atomic E-state index is 1.20. The van der Waals surface area contributed by atoms with Crippen LogP contribution >= 0.6 is 0 Å². The van der Waals surface area contributed by atoms with Crippen LogP contribution in [0.5, 0.6) is 0 Å². The van der Waals surface area contributed by atoms with Gasteiger partial charge in [-0.15, -0.1) is 0 Å². The number of benzene rings is 3. The molecule has 0 heteroatoms. The second kappa shape index (κ2) is 6.03. The molecule has 0 aliphatic heterocycles. The van der Waals surface area contributed by atoms with Crippen molar-refractivity contribution in [2.45, 2.75) is 13.8 Å². The summed E-state index contributed by atoms with van der Waals surface area (Å²) in [5.74, 6) is 0. The van der Waals surface area contributed by atoms with E-state index >= 15 is 0 Å². The summed E-state index contributed by atoms with van der Waals surface area (Å²) in [5, 5.41) is 0. The van der Waals surface area contributed by atoms with E-state index in [-0.39, 0.29) is 0 Å². The van der Waals surface area contributed by atoms with Crippen molar-refractivity contribution in [2.24, 2.45) is 0 Å². The molecule has 0 radical (unpaired) electrons. The van der Waals surface area contributed by atoms with Crippen molar-refractivity contribution in [2.75, 3.05) is 0 Å². The van der Waals surface area contributed by atoms with Gasteiger partial charge in [-0.3, -0.25) is 0 Å². The average Bonchev–Trinajstić information content (AvgIpc) is 2.57. The first-order chi connectivity index (χ1) is 10.7. The van der Waals surface area contributed by atoms with Crippen molar-refractivity contribution < 1.29 is 0 Å². The lowest BCUT2D eigenvalue weighted by Gasteiger charge is -2.15. The molecule has 0 bridgehead atoms. The SMILES string of the molecule is C=Cc1c(-c2ccccc2)cccc1-c1cccc(C)c1C. The molecule has 0 aliphatic carbocycles. The lowest BCUT2D eigenvalue weighted by atomic mass is 9.89. The molecule has 0 aromatic heterocycles. The Morgan fingerprint density at radius 1 is 0.682 bits per heavy atom. The standard InChI is InChI=1S/C22H20/c1-4-19-21(18-11-6-5-7-12-18)14-9-15-22(19)20-13-8-10-16(2)17(20)3/h4-15H,1H2,2-3H3. The van der Waals surface area contributed by atoms with Crippen LogP contribution in [0, 0.1) is 13.8 Å². The van der Waals surface area contributed by atoms with Crippen molar-refractivity contribution in [1.82, 2.24) is 0 Å². The molecule has 0 unspecified atom stereocenters. The molecular weight excluding hydrogens is 264 g/mol. The zero-order chi connectivity index (χ0) is 15.5. The largest absolute Gasteiger partial charge is 0.0984 e. The molecule has 0 nitrogen and oxygen atoms in total. The fraction of sp³-hybridized carbons (Fsp3) is 0.0909. The predicted octanol–water partition coefficient (Wildman–Crippen LogP) is 6.28. The summed E-state index contributed by atoms with van der Waals surface area (Å²) in [6.07, 6.45) is 1.97. The van der Waals surface area contributed by atoms with Gasteiger partial charge in [-0.05, 0) is 52.8 Å². The van der Waals surface area contributed by atoms with Crippen LogP contribution in [0.15, 0.2) is 73.3 Å². The molecule has 0 heterocycles. The maximum Gasteiger partial charge on any atom is -0.0103 e. The molecule has 3 aromatic carbocycles. The van der Waals surface area contributed by atoms with Gasteiger partial charge in [-0.1, -0.05) is 79.4 Å². The maximum atomic E-state index is 4.06. The van der Waals surface area contributed by atoms with Crippen LogP contribution in [0.2, 0.25) is 0 Å². The highest BCUT2D eigenvalue weighted by atomic mass is 14.1. The summed E-state index contributed by atoms with van der Waals surface area (Å²) < 4.78 is 0. The molecule has 3 rings (SSSR count). The molecule has 0 fully saturated rings. The summed E-state index contributed by atoms with van der Waals surface area (Å²) in [6, 6.07) is 23.5. The molecule has 0 atom stereocenters. The molecule has 22 heavy (non-hydrogen) atoms. The van der Waals surface area contributed by atoms with Crippen LogP contribution in [-0.4, -0.2) is 0 Å². The third-order valence-corrected chi connectivity index (χ3v) is 4.29. The van der Waals surface area contributed by atoms with Crippen molar-refractivity contribution in [3.8, 4) is 22.3 Å². The molecule has 3 aromatic rings. The van der Waals surface area contributed by atoms with Crippen LogP contribution in [0.25, 0.3) is 28.3 Å². The third kappa shape index (κ3) is 2.48. The van der Waals surface area contributed by atoms with E-state index in [4.69, 9.17) is 0 Å². The normalized spacial score (nSPS) is 10.5. The van der Waals surface area contributed by atoms with E-state index in [1.165, 1.54) is 38.9 Å². The van der Waals surface area contributed by atoms with Crippen LogP contribution in [0.3, 0.4) is 0 Å². The number of rotatable bonds is 3. The topological polar surface area (TPSA) is 0 Å².